The van der Waals surface area contributed by atoms with Crippen LogP contribution in [-0.4, -0.2) is 84.9 Å². The van der Waals surface area contributed by atoms with Crippen LogP contribution in [0.3, 0.4) is 0 Å². The van der Waals surface area contributed by atoms with Gasteiger partial charge >= 0.3 is 6.09 Å². The van der Waals surface area contributed by atoms with Crippen LogP contribution in [0.5, 0.6) is 0 Å². The Kier molecular flexibility index (Phi) is 10.6. The second-order valence-corrected chi connectivity index (χ2v) is 14.3. The van der Waals surface area contributed by atoms with Crippen molar-refractivity contribution in [2.75, 3.05) is 26.3 Å². The van der Waals surface area contributed by atoms with Gasteiger partial charge in [-0.1, -0.05) is 63.2 Å². The van der Waals surface area contributed by atoms with Crippen LogP contribution in [0, 0.1) is 11.8 Å². The molecule has 0 aliphatic carbocycles. The molecule has 45 heavy (non-hydrogen) atoms. The van der Waals surface area contributed by atoms with Crippen molar-refractivity contribution in [2.45, 2.75) is 75.9 Å². The molecule has 2 N–H and O–H groups in total. The van der Waals surface area contributed by atoms with Crippen molar-refractivity contribution in [3.8, 4) is 11.4 Å². The Bertz CT molecular complexity index is 1510. The molecule has 2 aliphatic heterocycles. The van der Waals surface area contributed by atoms with Crippen molar-refractivity contribution >= 4 is 16.1 Å². The normalized spacial score (nSPS) is 21.3. The number of amides is 1. The number of aliphatic hydroxyl groups is 1. The highest BCUT2D eigenvalue weighted by Crippen LogP contribution is 2.33. The molecule has 1 aromatic heterocycles. The number of rotatable bonds is 13. The van der Waals surface area contributed by atoms with E-state index in [1.807, 2.05) is 58.0 Å². The van der Waals surface area contributed by atoms with Gasteiger partial charge in [-0.25, -0.2) is 13.2 Å². The minimum Gasteiger partial charge on any atom is -0.443 e. The van der Waals surface area contributed by atoms with Gasteiger partial charge in [0.15, 0.2) is 6.29 Å². The molecule has 5 rings (SSSR count). The Labute approximate surface area is 264 Å². The highest BCUT2D eigenvalue weighted by molar-refractivity contribution is 7.89. The zero-order valence-corrected chi connectivity index (χ0v) is 26.9. The summed E-state index contributed by atoms with van der Waals surface area (Å²) in [5.74, 6) is 0.863. The average Bonchev–Trinajstić information content (AvgIpc) is 3.76. The number of hydrogen-bond donors (Lipinski definition) is 2. The van der Waals surface area contributed by atoms with Crippen molar-refractivity contribution in [3.63, 3.8) is 0 Å². The smallest absolute Gasteiger partial charge is 0.407 e. The first kappa shape index (κ1) is 33.0. The molecule has 244 valence electrons. The molecule has 12 nitrogen and oxygen atoms in total. The van der Waals surface area contributed by atoms with E-state index in [9.17, 15) is 18.3 Å². The fraction of sp³-hybridized carbons (Fsp3) is 0.531. The van der Waals surface area contributed by atoms with E-state index in [1.54, 1.807) is 12.1 Å². The van der Waals surface area contributed by atoms with E-state index >= 15 is 0 Å². The fourth-order valence-corrected chi connectivity index (χ4v) is 7.17. The summed E-state index contributed by atoms with van der Waals surface area (Å²) < 4.78 is 51.2. The van der Waals surface area contributed by atoms with Crippen LogP contribution >= 0.6 is 0 Å². The third kappa shape index (κ3) is 8.08. The Hall–Kier alpha value is -3.36. The Morgan fingerprint density at radius 2 is 1.80 bits per heavy atom. The van der Waals surface area contributed by atoms with Gasteiger partial charge in [0.25, 0.3) is 0 Å². The maximum atomic E-state index is 13.9. The summed E-state index contributed by atoms with van der Waals surface area (Å²) in [6.45, 7) is 8.39. The lowest BCUT2D eigenvalue weighted by molar-refractivity contribution is -0.0907. The molecule has 2 saturated heterocycles. The molecule has 3 heterocycles. The van der Waals surface area contributed by atoms with Crippen molar-refractivity contribution < 1.29 is 37.1 Å². The minimum atomic E-state index is -4.03. The van der Waals surface area contributed by atoms with Gasteiger partial charge in [-0.15, -0.1) is 0 Å². The third-order valence-corrected chi connectivity index (χ3v) is 9.80. The number of nitrogens with one attached hydrogen (secondary N) is 1. The topological polar surface area (TPSA) is 153 Å². The number of alkyl carbamates (subject to hydrolysis) is 1. The first-order valence-electron chi connectivity index (χ1n) is 15.4. The number of benzene rings is 2. The molecule has 2 aliphatic rings. The Morgan fingerprint density at radius 3 is 2.47 bits per heavy atom. The van der Waals surface area contributed by atoms with E-state index in [0.29, 0.717) is 23.9 Å². The molecule has 2 fully saturated rings. The molecular weight excluding hydrogens is 600 g/mol. The molecule has 0 spiro atoms. The maximum absolute atomic E-state index is 13.9. The number of fused-ring (bicyclic) bond motifs is 1. The van der Waals surface area contributed by atoms with Crippen LogP contribution in [0.15, 0.2) is 64.0 Å². The number of nitrogens with zero attached hydrogens (tertiary/aromatic N) is 3. The van der Waals surface area contributed by atoms with Crippen LogP contribution in [-0.2, 0) is 30.7 Å². The van der Waals surface area contributed by atoms with Crippen molar-refractivity contribution in [1.82, 2.24) is 19.8 Å². The lowest BCUT2D eigenvalue weighted by Crippen LogP contribution is -2.51. The van der Waals surface area contributed by atoms with Gasteiger partial charge < -0.3 is 29.2 Å². The van der Waals surface area contributed by atoms with E-state index in [-0.39, 0.29) is 55.1 Å². The van der Waals surface area contributed by atoms with Gasteiger partial charge in [-0.05, 0) is 48.6 Å². The van der Waals surface area contributed by atoms with Gasteiger partial charge in [0, 0.05) is 24.6 Å². The number of aliphatic hydroxyl groups excluding tert-OH is 1. The molecule has 13 heteroatoms. The van der Waals surface area contributed by atoms with Gasteiger partial charge in [-0.2, -0.15) is 9.29 Å². The minimum absolute atomic E-state index is 0.0329. The summed E-state index contributed by atoms with van der Waals surface area (Å²) in [6.07, 6.45) is -1.79. The van der Waals surface area contributed by atoms with Crippen molar-refractivity contribution in [2.24, 2.45) is 11.8 Å². The number of sulfonamides is 1. The monoisotopic (exact) mass is 642 g/mol. The highest BCUT2D eigenvalue weighted by atomic mass is 32.2. The summed E-state index contributed by atoms with van der Waals surface area (Å²) in [4.78, 5) is 17.5. The van der Waals surface area contributed by atoms with Crippen LogP contribution in [0.25, 0.3) is 11.4 Å². The highest BCUT2D eigenvalue weighted by Gasteiger charge is 2.44. The molecule has 1 amide bonds. The molecule has 0 saturated carbocycles. The predicted octanol–water partition coefficient (Wildman–Crippen LogP) is 3.97. The second-order valence-electron chi connectivity index (χ2n) is 12.3. The van der Waals surface area contributed by atoms with E-state index in [1.165, 1.54) is 16.4 Å². The van der Waals surface area contributed by atoms with Crippen molar-refractivity contribution in [1.29, 1.82) is 0 Å². The maximum Gasteiger partial charge on any atom is 0.407 e. The summed E-state index contributed by atoms with van der Waals surface area (Å²) in [5.41, 5.74) is 1.49. The molecule has 2 aromatic carbocycles. The van der Waals surface area contributed by atoms with E-state index in [0.717, 1.165) is 12.0 Å². The fourth-order valence-electron chi connectivity index (χ4n) is 5.55. The lowest BCUT2D eigenvalue weighted by Gasteiger charge is -2.31. The predicted molar refractivity (Wildman–Crippen MR) is 165 cm³/mol. The van der Waals surface area contributed by atoms with Gasteiger partial charge in [0.05, 0.1) is 36.2 Å². The largest absolute Gasteiger partial charge is 0.443 e. The molecule has 5 atom stereocenters. The molecule has 3 unspecified atom stereocenters. The van der Waals surface area contributed by atoms with Crippen LogP contribution in [0.2, 0.25) is 0 Å². The Balaban J connectivity index is 1.32. The molecular formula is C32H42N4O8S. The Morgan fingerprint density at radius 1 is 1.07 bits per heavy atom. The average molecular weight is 643 g/mol. The zero-order valence-electron chi connectivity index (χ0n) is 26.0. The van der Waals surface area contributed by atoms with E-state index in [4.69, 9.17) is 18.7 Å². The van der Waals surface area contributed by atoms with Crippen molar-refractivity contribution in [3.05, 3.63) is 66.1 Å². The summed E-state index contributed by atoms with van der Waals surface area (Å²) >= 11 is 0. The first-order chi connectivity index (χ1) is 21.5. The zero-order chi connectivity index (χ0) is 32.1. The molecule has 0 radical (unpaired) electrons. The molecule has 0 bridgehead atoms. The lowest BCUT2D eigenvalue weighted by atomic mass is 10.0. The number of hydrogen-bond acceptors (Lipinski definition) is 10. The number of ether oxygens (including phenoxy) is 3. The van der Waals surface area contributed by atoms with Crippen LogP contribution in [0.4, 0.5) is 4.79 Å². The number of carbonyl (C=O) groups excluding carboxylic acids is 1. The number of carbonyl (C=O) groups is 1. The van der Waals surface area contributed by atoms with E-state index in [2.05, 4.69) is 15.5 Å². The van der Waals surface area contributed by atoms with Crippen LogP contribution in [0.1, 0.15) is 51.5 Å². The summed E-state index contributed by atoms with van der Waals surface area (Å²) in [7, 11) is -4.03. The SMILES string of the molecule is CC(C)CN(C[C@@H](O)[C@H](Cc1ccccc1)NC(=O)OC1COC2OCCC12)S(=O)(=O)c1ccc(-c2noc(C(C)C)n2)cc1. The van der Waals surface area contributed by atoms with Gasteiger partial charge in [0.1, 0.15) is 6.10 Å². The van der Waals surface area contributed by atoms with E-state index < -0.39 is 34.4 Å². The second kappa shape index (κ2) is 14.4. The number of aromatic nitrogens is 2. The van der Waals surface area contributed by atoms with Gasteiger partial charge in [0.2, 0.25) is 21.7 Å². The van der Waals surface area contributed by atoms with Gasteiger partial charge in [-0.3, -0.25) is 0 Å². The standard InChI is InChI=1S/C32H42N4O8S/c1-20(2)17-36(45(39,40)24-12-10-23(11-13-24)29-34-30(21(3)4)44-35-29)18-27(37)26(16-22-8-6-5-7-9-22)33-32(38)43-28-19-42-31-25(28)14-15-41-31/h5-13,20-21,25-28,31,37H,14-19H2,1-4H3,(H,33,38)/t25?,26-,27+,28?,31?/m0/s1. The quantitative estimate of drug-likeness (QED) is 0.280. The van der Waals surface area contributed by atoms with Crippen LogP contribution < -0.4 is 5.32 Å². The molecule has 3 aromatic rings. The third-order valence-electron chi connectivity index (χ3n) is 7.96. The summed E-state index contributed by atoms with van der Waals surface area (Å²) in [6, 6.07) is 14.8. The summed E-state index contributed by atoms with van der Waals surface area (Å²) in [5, 5.41) is 18.3. The first-order valence-corrected chi connectivity index (χ1v) is 16.8.